The third kappa shape index (κ3) is 3.79. The maximum Gasteiger partial charge on any atom is 0.274 e. The highest BCUT2D eigenvalue weighted by molar-refractivity contribution is 7.09. The molecular formula is C20H23N4O2S+. The van der Waals surface area contributed by atoms with Crippen LogP contribution in [0.1, 0.15) is 10.6 Å². The predicted molar refractivity (Wildman–Crippen MR) is 106 cm³/mol. The molecule has 1 aliphatic rings. The van der Waals surface area contributed by atoms with Gasteiger partial charge in [0, 0.05) is 12.4 Å². The normalized spacial score (nSPS) is 15.4. The molecule has 1 N–H and O–H groups in total. The number of rotatable bonds is 4. The molecule has 0 aliphatic carbocycles. The summed E-state index contributed by atoms with van der Waals surface area (Å²) >= 11 is 1.79. The Morgan fingerprint density at radius 3 is 2.59 bits per heavy atom. The summed E-state index contributed by atoms with van der Waals surface area (Å²) in [6.45, 7) is 4.50. The van der Waals surface area contributed by atoms with E-state index in [0.717, 1.165) is 38.1 Å². The molecule has 0 radical (unpaired) electrons. The molecule has 0 spiro atoms. The van der Waals surface area contributed by atoms with Crippen molar-refractivity contribution < 1.29 is 9.69 Å². The number of piperazine rings is 1. The molecule has 7 heteroatoms. The van der Waals surface area contributed by atoms with Gasteiger partial charge in [-0.1, -0.05) is 24.3 Å². The van der Waals surface area contributed by atoms with Gasteiger partial charge in [0.05, 0.1) is 48.6 Å². The highest BCUT2D eigenvalue weighted by atomic mass is 32.1. The number of amides is 1. The van der Waals surface area contributed by atoms with E-state index in [1.807, 2.05) is 23.1 Å². The quantitative estimate of drug-likeness (QED) is 0.712. The van der Waals surface area contributed by atoms with Gasteiger partial charge in [-0.05, 0) is 17.5 Å². The van der Waals surface area contributed by atoms with Crippen LogP contribution < -0.4 is 10.5 Å². The van der Waals surface area contributed by atoms with Crippen LogP contribution in [0.3, 0.4) is 0 Å². The first-order valence-electron chi connectivity index (χ1n) is 9.20. The van der Waals surface area contributed by atoms with Crippen molar-refractivity contribution in [2.45, 2.75) is 13.0 Å². The van der Waals surface area contributed by atoms with E-state index in [9.17, 15) is 9.59 Å². The minimum absolute atomic E-state index is 0.0847. The number of quaternary nitrogens is 1. The molecule has 3 heterocycles. The number of hydrogen-bond donors (Lipinski definition) is 1. The molecule has 1 amide bonds. The summed E-state index contributed by atoms with van der Waals surface area (Å²) in [4.78, 5) is 29.9. The van der Waals surface area contributed by atoms with Crippen molar-refractivity contribution in [1.82, 2.24) is 14.7 Å². The lowest BCUT2D eigenvalue weighted by molar-refractivity contribution is -0.917. The molecule has 2 aromatic heterocycles. The van der Waals surface area contributed by atoms with Crippen molar-refractivity contribution in [1.29, 1.82) is 0 Å². The third-order valence-corrected chi connectivity index (χ3v) is 6.06. The summed E-state index contributed by atoms with van der Waals surface area (Å²) in [5.41, 5.74) is 0.540. The van der Waals surface area contributed by atoms with Crippen LogP contribution in [-0.2, 0) is 24.8 Å². The Balaban J connectivity index is 1.44. The number of hydrogen-bond acceptors (Lipinski definition) is 4. The smallest absolute Gasteiger partial charge is 0.274 e. The summed E-state index contributed by atoms with van der Waals surface area (Å²) in [6.07, 6.45) is 0.231. The lowest BCUT2D eigenvalue weighted by Gasteiger charge is -2.32. The van der Waals surface area contributed by atoms with Crippen molar-refractivity contribution in [2.24, 2.45) is 7.05 Å². The van der Waals surface area contributed by atoms with Crippen molar-refractivity contribution >= 4 is 28.0 Å². The number of carbonyl (C=O) groups excluding carboxylic acids is 1. The molecule has 1 saturated heterocycles. The molecule has 3 aromatic rings. The largest absolute Gasteiger partial charge is 0.331 e. The molecule has 0 atom stereocenters. The van der Waals surface area contributed by atoms with Crippen molar-refractivity contribution in [3.8, 4) is 0 Å². The minimum Gasteiger partial charge on any atom is -0.331 e. The molecule has 0 bridgehead atoms. The zero-order valence-corrected chi connectivity index (χ0v) is 16.2. The predicted octanol–water partition coefficient (Wildman–Crippen LogP) is 0.465. The monoisotopic (exact) mass is 383 g/mol. The van der Waals surface area contributed by atoms with Crippen molar-refractivity contribution in [2.75, 3.05) is 26.2 Å². The summed E-state index contributed by atoms with van der Waals surface area (Å²) < 4.78 is 1.33. The molecule has 140 valence electrons. The molecular weight excluding hydrogens is 360 g/mol. The van der Waals surface area contributed by atoms with Crippen LogP contribution in [-0.4, -0.2) is 46.8 Å². The van der Waals surface area contributed by atoms with Gasteiger partial charge in [-0.2, -0.15) is 5.10 Å². The van der Waals surface area contributed by atoms with Gasteiger partial charge < -0.3 is 9.80 Å². The van der Waals surface area contributed by atoms with Gasteiger partial charge in [-0.15, -0.1) is 11.3 Å². The van der Waals surface area contributed by atoms with Gasteiger partial charge >= 0.3 is 0 Å². The topological polar surface area (TPSA) is 59.6 Å². The van der Waals surface area contributed by atoms with Crippen LogP contribution in [0, 0.1) is 0 Å². The highest BCUT2D eigenvalue weighted by Gasteiger charge is 2.25. The van der Waals surface area contributed by atoms with Gasteiger partial charge in [0.1, 0.15) is 6.54 Å². The van der Waals surface area contributed by atoms with Crippen LogP contribution in [0.15, 0.2) is 46.6 Å². The number of fused-ring (bicyclic) bond motifs is 1. The Morgan fingerprint density at radius 1 is 1.15 bits per heavy atom. The lowest BCUT2D eigenvalue weighted by Crippen LogP contribution is -3.13. The van der Waals surface area contributed by atoms with Crippen LogP contribution in [0.25, 0.3) is 10.8 Å². The van der Waals surface area contributed by atoms with Crippen LogP contribution in [0.4, 0.5) is 0 Å². The first kappa shape index (κ1) is 17.9. The Hall–Kier alpha value is -2.51. The van der Waals surface area contributed by atoms with Gasteiger partial charge in [-0.25, -0.2) is 4.68 Å². The van der Waals surface area contributed by atoms with Gasteiger partial charge in [-0.3, -0.25) is 9.59 Å². The summed E-state index contributed by atoms with van der Waals surface area (Å²) in [5.74, 6) is 0.0847. The first-order valence-corrected chi connectivity index (χ1v) is 10.1. The van der Waals surface area contributed by atoms with Crippen LogP contribution in [0.5, 0.6) is 0 Å². The third-order valence-electron chi connectivity index (χ3n) is 5.18. The van der Waals surface area contributed by atoms with E-state index in [4.69, 9.17) is 0 Å². The molecule has 6 nitrogen and oxygen atoms in total. The van der Waals surface area contributed by atoms with Crippen LogP contribution >= 0.6 is 11.3 Å². The first-order chi connectivity index (χ1) is 13.1. The Bertz CT molecular complexity index is 1000. The SMILES string of the molecule is Cn1nc(CC(=O)N2CC[NH+](Cc3cccs3)CC2)c2ccccc2c1=O. The van der Waals surface area contributed by atoms with E-state index in [1.54, 1.807) is 24.5 Å². The maximum atomic E-state index is 12.8. The molecule has 1 aromatic carbocycles. The second kappa shape index (κ2) is 7.62. The van der Waals surface area contributed by atoms with E-state index in [0.29, 0.717) is 11.1 Å². The summed E-state index contributed by atoms with van der Waals surface area (Å²) in [5, 5.41) is 7.85. The summed E-state index contributed by atoms with van der Waals surface area (Å²) in [7, 11) is 1.63. The standard InChI is InChI=1S/C20H22N4O2S/c1-22-20(26)17-7-3-2-6-16(17)18(21-22)13-19(25)24-10-8-23(9-11-24)14-15-5-4-12-27-15/h2-7,12H,8-11,13-14H2,1H3/p+1. The fraction of sp³-hybridized carbons (Fsp3) is 0.350. The van der Waals surface area contributed by atoms with Crippen LogP contribution in [0.2, 0.25) is 0 Å². The second-order valence-electron chi connectivity index (χ2n) is 6.98. The molecule has 1 fully saturated rings. The second-order valence-corrected chi connectivity index (χ2v) is 8.02. The van der Waals surface area contributed by atoms with E-state index in [1.165, 1.54) is 14.5 Å². The number of nitrogens with zero attached hydrogens (tertiary/aromatic N) is 3. The zero-order valence-electron chi connectivity index (χ0n) is 15.4. The van der Waals surface area contributed by atoms with E-state index in [-0.39, 0.29) is 17.9 Å². The number of benzene rings is 1. The molecule has 0 saturated carbocycles. The number of carbonyl (C=O) groups is 1. The molecule has 4 rings (SSSR count). The average Bonchev–Trinajstić information content (AvgIpc) is 3.19. The highest BCUT2D eigenvalue weighted by Crippen LogP contribution is 2.14. The number of aromatic nitrogens is 2. The fourth-order valence-electron chi connectivity index (χ4n) is 3.67. The molecule has 27 heavy (non-hydrogen) atoms. The molecule has 1 aliphatic heterocycles. The van der Waals surface area contributed by atoms with Gasteiger partial charge in [0.25, 0.3) is 5.56 Å². The Kier molecular flexibility index (Phi) is 5.05. The van der Waals surface area contributed by atoms with Gasteiger partial charge in [0.15, 0.2) is 0 Å². The van der Waals surface area contributed by atoms with Gasteiger partial charge in [0.2, 0.25) is 5.91 Å². The zero-order chi connectivity index (χ0) is 18.8. The summed E-state index contributed by atoms with van der Waals surface area (Å²) in [6, 6.07) is 11.6. The van der Waals surface area contributed by atoms with Crippen molar-refractivity contribution in [3.63, 3.8) is 0 Å². The average molecular weight is 383 g/mol. The van der Waals surface area contributed by atoms with E-state index < -0.39 is 0 Å². The number of thiophene rings is 1. The Morgan fingerprint density at radius 2 is 1.89 bits per heavy atom. The number of nitrogens with one attached hydrogen (secondary N) is 1. The van der Waals surface area contributed by atoms with E-state index >= 15 is 0 Å². The maximum absolute atomic E-state index is 12.8. The van der Waals surface area contributed by atoms with Crippen molar-refractivity contribution in [3.05, 3.63) is 62.7 Å². The fourth-order valence-corrected chi connectivity index (χ4v) is 4.45. The lowest BCUT2D eigenvalue weighted by atomic mass is 10.1. The number of aryl methyl sites for hydroxylation is 1. The Labute approximate surface area is 161 Å². The minimum atomic E-state index is -0.132. The van der Waals surface area contributed by atoms with E-state index in [2.05, 4.69) is 22.6 Å². The molecule has 0 unspecified atom stereocenters.